The summed E-state index contributed by atoms with van der Waals surface area (Å²) in [7, 11) is -3.76. The lowest BCUT2D eigenvalue weighted by atomic mass is 10.1. The van der Waals surface area contributed by atoms with Gasteiger partial charge in [0.05, 0.1) is 5.75 Å². The van der Waals surface area contributed by atoms with Crippen LogP contribution in [0.25, 0.3) is 0 Å². The highest BCUT2D eigenvalue weighted by atomic mass is 32.2. The predicted octanol–water partition coefficient (Wildman–Crippen LogP) is 1.59. The second kappa shape index (κ2) is 9.26. The Kier molecular flexibility index (Phi) is 7.70. The monoisotopic (exact) mass is 343 g/mol. The number of carboxylic acids is 2. The first-order valence-corrected chi connectivity index (χ1v) is 8.94. The van der Waals surface area contributed by atoms with Crippen LogP contribution in [0.15, 0.2) is 30.3 Å². The molecular weight excluding hydrogens is 322 g/mol. The van der Waals surface area contributed by atoms with Gasteiger partial charge in [-0.25, -0.2) is 13.1 Å². The molecule has 0 saturated heterocycles. The van der Waals surface area contributed by atoms with Crippen LogP contribution < -0.4 is 4.72 Å². The highest BCUT2D eigenvalue weighted by Crippen LogP contribution is 2.10. The second-order valence-corrected chi connectivity index (χ2v) is 7.00. The number of nitrogens with one attached hydrogen (secondary N) is 1. The minimum Gasteiger partial charge on any atom is -0.481 e. The molecule has 0 spiro atoms. The fraction of sp³-hybridized carbons (Fsp3) is 0.467. The van der Waals surface area contributed by atoms with Gasteiger partial charge in [-0.1, -0.05) is 43.2 Å². The van der Waals surface area contributed by atoms with E-state index in [2.05, 4.69) is 4.72 Å². The van der Waals surface area contributed by atoms with Gasteiger partial charge in [0.2, 0.25) is 10.0 Å². The molecular formula is C15H21NO6S. The maximum absolute atomic E-state index is 12.0. The Hall–Kier alpha value is -1.93. The van der Waals surface area contributed by atoms with Gasteiger partial charge < -0.3 is 10.2 Å². The SMILES string of the molecule is O=C(O)CCCCCC(NS(=O)(=O)Cc1ccccc1)C(=O)O. The number of rotatable bonds is 11. The van der Waals surface area contributed by atoms with E-state index >= 15 is 0 Å². The van der Waals surface area contributed by atoms with E-state index in [4.69, 9.17) is 10.2 Å². The van der Waals surface area contributed by atoms with E-state index < -0.39 is 28.0 Å². The van der Waals surface area contributed by atoms with E-state index in [1.807, 2.05) is 0 Å². The van der Waals surface area contributed by atoms with Crippen LogP contribution in [0.4, 0.5) is 0 Å². The Morgan fingerprint density at radius 2 is 1.70 bits per heavy atom. The normalized spacial score (nSPS) is 12.7. The molecule has 3 N–H and O–H groups in total. The topological polar surface area (TPSA) is 121 Å². The molecule has 1 unspecified atom stereocenters. The molecule has 0 aliphatic rings. The zero-order valence-corrected chi connectivity index (χ0v) is 13.5. The molecule has 1 aromatic rings. The average molecular weight is 343 g/mol. The van der Waals surface area contributed by atoms with Gasteiger partial charge in [0.25, 0.3) is 0 Å². The summed E-state index contributed by atoms with van der Waals surface area (Å²) in [6.07, 6.45) is 1.58. The van der Waals surface area contributed by atoms with Crippen LogP contribution in [0.3, 0.4) is 0 Å². The molecule has 0 saturated carbocycles. The minimum atomic E-state index is -3.76. The zero-order valence-electron chi connectivity index (χ0n) is 12.6. The van der Waals surface area contributed by atoms with Crippen molar-refractivity contribution in [2.24, 2.45) is 0 Å². The van der Waals surface area contributed by atoms with E-state index in [9.17, 15) is 18.0 Å². The van der Waals surface area contributed by atoms with Crippen molar-refractivity contribution in [1.29, 1.82) is 0 Å². The Morgan fingerprint density at radius 1 is 1.04 bits per heavy atom. The Bertz CT molecular complexity index is 614. The van der Waals surface area contributed by atoms with Crippen LogP contribution in [-0.2, 0) is 25.4 Å². The lowest BCUT2D eigenvalue weighted by Crippen LogP contribution is -2.41. The third-order valence-corrected chi connectivity index (χ3v) is 4.56. The number of carboxylic acid groups (broad SMARTS) is 2. The Labute approximate surface area is 135 Å². The summed E-state index contributed by atoms with van der Waals surface area (Å²) in [5.41, 5.74) is 0.575. The van der Waals surface area contributed by atoms with E-state index in [1.165, 1.54) is 0 Å². The summed E-state index contributed by atoms with van der Waals surface area (Å²) in [5.74, 6) is -2.42. The van der Waals surface area contributed by atoms with E-state index in [1.54, 1.807) is 30.3 Å². The van der Waals surface area contributed by atoms with Gasteiger partial charge in [-0.2, -0.15) is 0 Å². The summed E-state index contributed by atoms with van der Waals surface area (Å²) in [6.45, 7) is 0. The van der Waals surface area contributed by atoms with Crippen molar-refractivity contribution in [2.45, 2.75) is 43.9 Å². The lowest BCUT2D eigenvalue weighted by Gasteiger charge is -2.14. The summed E-state index contributed by atoms with van der Waals surface area (Å²) >= 11 is 0. The van der Waals surface area contributed by atoms with Gasteiger partial charge in [-0.15, -0.1) is 0 Å². The van der Waals surface area contributed by atoms with Gasteiger partial charge in [-0.05, 0) is 18.4 Å². The van der Waals surface area contributed by atoms with Crippen molar-refractivity contribution in [1.82, 2.24) is 4.72 Å². The third-order valence-electron chi connectivity index (χ3n) is 3.20. The summed E-state index contributed by atoms with van der Waals surface area (Å²) in [5, 5.41) is 17.6. The van der Waals surface area contributed by atoms with Crippen LogP contribution in [0.5, 0.6) is 0 Å². The Morgan fingerprint density at radius 3 is 2.26 bits per heavy atom. The first-order valence-electron chi connectivity index (χ1n) is 7.28. The molecule has 0 aromatic heterocycles. The highest BCUT2D eigenvalue weighted by Gasteiger charge is 2.23. The predicted molar refractivity (Wildman–Crippen MR) is 84.3 cm³/mol. The highest BCUT2D eigenvalue weighted by molar-refractivity contribution is 7.88. The van der Waals surface area contributed by atoms with Crippen LogP contribution >= 0.6 is 0 Å². The number of aliphatic carboxylic acids is 2. The van der Waals surface area contributed by atoms with Crippen LogP contribution in [0.1, 0.15) is 37.7 Å². The van der Waals surface area contributed by atoms with Crippen LogP contribution in [-0.4, -0.2) is 36.6 Å². The molecule has 0 aliphatic heterocycles. The quantitative estimate of drug-likeness (QED) is 0.525. The summed E-state index contributed by atoms with van der Waals surface area (Å²) < 4.78 is 26.3. The van der Waals surface area contributed by atoms with Crippen molar-refractivity contribution < 1.29 is 28.2 Å². The number of sulfonamides is 1. The molecule has 1 atom stereocenters. The maximum atomic E-state index is 12.0. The molecule has 23 heavy (non-hydrogen) atoms. The molecule has 8 heteroatoms. The first kappa shape index (κ1) is 19.1. The molecule has 0 aliphatic carbocycles. The summed E-state index contributed by atoms with van der Waals surface area (Å²) in [6, 6.07) is 7.29. The molecule has 0 heterocycles. The fourth-order valence-corrected chi connectivity index (χ4v) is 3.45. The number of hydrogen-bond acceptors (Lipinski definition) is 4. The number of benzene rings is 1. The molecule has 0 amide bonds. The molecule has 128 valence electrons. The minimum absolute atomic E-state index is 0.0253. The fourth-order valence-electron chi connectivity index (χ4n) is 2.09. The van der Waals surface area contributed by atoms with Crippen molar-refractivity contribution in [3.05, 3.63) is 35.9 Å². The average Bonchev–Trinajstić information content (AvgIpc) is 2.45. The van der Waals surface area contributed by atoms with E-state index in [0.29, 0.717) is 24.8 Å². The standard InChI is InChI=1S/C15H21NO6S/c17-14(18)10-6-2-5-9-13(15(19)20)16-23(21,22)11-12-7-3-1-4-8-12/h1,3-4,7-8,13,16H,2,5-6,9-11H2,(H,17,18)(H,19,20). The van der Waals surface area contributed by atoms with Crippen LogP contribution in [0.2, 0.25) is 0 Å². The van der Waals surface area contributed by atoms with Gasteiger partial charge in [0.1, 0.15) is 6.04 Å². The van der Waals surface area contributed by atoms with Crippen molar-refractivity contribution in [3.8, 4) is 0 Å². The molecule has 0 radical (unpaired) electrons. The second-order valence-electron chi connectivity index (χ2n) is 5.25. The summed E-state index contributed by atoms with van der Waals surface area (Å²) in [4.78, 5) is 21.6. The first-order chi connectivity index (χ1) is 10.8. The largest absolute Gasteiger partial charge is 0.481 e. The van der Waals surface area contributed by atoms with Gasteiger partial charge >= 0.3 is 11.9 Å². The smallest absolute Gasteiger partial charge is 0.321 e. The maximum Gasteiger partial charge on any atom is 0.321 e. The van der Waals surface area contributed by atoms with Gasteiger partial charge in [-0.3, -0.25) is 9.59 Å². The van der Waals surface area contributed by atoms with Crippen molar-refractivity contribution in [2.75, 3.05) is 0 Å². The molecule has 7 nitrogen and oxygen atoms in total. The van der Waals surface area contributed by atoms with Crippen molar-refractivity contribution in [3.63, 3.8) is 0 Å². The number of unbranched alkanes of at least 4 members (excludes halogenated alkanes) is 2. The van der Waals surface area contributed by atoms with Crippen molar-refractivity contribution >= 4 is 22.0 Å². The van der Waals surface area contributed by atoms with E-state index in [0.717, 1.165) is 0 Å². The molecule has 0 fully saturated rings. The lowest BCUT2D eigenvalue weighted by molar-refractivity contribution is -0.139. The molecule has 1 rings (SSSR count). The zero-order chi connectivity index (χ0) is 17.3. The molecule has 1 aromatic carbocycles. The molecule has 0 bridgehead atoms. The third kappa shape index (κ3) is 8.32. The van der Waals surface area contributed by atoms with Gasteiger partial charge in [0.15, 0.2) is 0 Å². The number of hydrogen-bond donors (Lipinski definition) is 3. The van der Waals surface area contributed by atoms with Gasteiger partial charge in [0, 0.05) is 6.42 Å². The van der Waals surface area contributed by atoms with E-state index in [-0.39, 0.29) is 18.6 Å². The number of carbonyl (C=O) groups is 2. The Balaban J connectivity index is 2.51. The van der Waals surface area contributed by atoms with Crippen LogP contribution in [0, 0.1) is 0 Å².